The van der Waals surface area contributed by atoms with Crippen LogP contribution in [0.4, 0.5) is 10.5 Å². The molecular weight excluding hydrogens is 208 g/mol. The number of carbonyl (C=O) groups is 1. The van der Waals surface area contributed by atoms with Crippen molar-refractivity contribution < 1.29 is 10.0 Å². The standard InChI is InChI=1S/C10H14N4O2/c1-7(9(11)14-16)12-10(15)13-8-5-3-2-4-6-8/h2-7,16H,1H3,(H2,11,14)(H2,12,13,15). The number of nitrogens with one attached hydrogen (secondary N) is 2. The van der Waals surface area contributed by atoms with Crippen molar-refractivity contribution in [2.75, 3.05) is 5.32 Å². The molecule has 6 nitrogen and oxygen atoms in total. The number of anilines is 1. The van der Waals surface area contributed by atoms with E-state index in [0.717, 1.165) is 0 Å². The molecule has 86 valence electrons. The first kappa shape index (κ1) is 11.8. The number of rotatable bonds is 3. The molecule has 0 aliphatic rings. The quantitative estimate of drug-likeness (QED) is 0.265. The van der Waals surface area contributed by atoms with Gasteiger partial charge in [-0.2, -0.15) is 0 Å². The van der Waals surface area contributed by atoms with E-state index in [1.165, 1.54) is 0 Å². The third kappa shape index (κ3) is 3.49. The molecular formula is C10H14N4O2. The summed E-state index contributed by atoms with van der Waals surface area (Å²) in [6.45, 7) is 1.61. The second kappa shape index (κ2) is 5.59. The molecule has 0 saturated heterocycles. The van der Waals surface area contributed by atoms with Crippen molar-refractivity contribution >= 4 is 17.6 Å². The minimum atomic E-state index is -0.534. The van der Waals surface area contributed by atoms with Crippen LogP contribution < -0.4 is 16.4 Å². The second-order valence-electron chi connectivity index (χ2n) is 3.21. The van der Waals surface area contributed by atoms with Crippen LogP contribution >= 0.6 is 0 Å². The van der Waals surface area contributed by atoms with E-state index in [4.69, 9.17) is 10.9 Å². The van der Waals surface area contributed by atoms with Gasteiger partial charge in [-0.25, -0.2) is 4.79 Å². The van der Waals surface area contributed by atoms with Crippen molar-refractivity contribution in [3.8, 4) is 0 Å². The van der Waals surface area contributed by atoms with Gasteiger partial charge in [0.1, 0.15) is 0 Å². The number of para-hydroxylation sites is 1. The Morgan fingerprint density at radius 3 is 2.62 bits per heavy atom. The van der Waals surface area contributed by atoms with Gasteiger partial charge in [0.25, 0.3) is 0 Å². The SMILES string of the molecule is CC(NC(=O)Nc1ccccc1)/C(N)=N/O. The van der Waals surface area contributed by atoms with E-state index in [1.807, 2.05) is 18.2 Å². The Kier molecular flexibility index (Phi) is 4.14. The predicted molar refractivity (Wildman–Crippen MR) is 61.5 cm³/mol. The molecule has 0 spiro atoms. The van der Waals surface area contributed by atoms with Crippen LogP contribution in [0.1, 0.15) is 6.92 Å². The number of amidine groups is 1. The Balaban J connectivity index is 2.49. The van der Waals surface area contributed by atoms with Crippen molar-refractivity contribution in [2.45, 2.75) is 13.0 Å². The average Bonchev–Trinajstić information content (AvgIpc) is 2.29. The molecule has 0 aliphatic carbocycles. The number of nitrogens with zero attached hydrogens (tertiary/aromatic N) is 1. The summed E-state index contributed by atoms with van der Waals surface area (Å²) in [4.78, 5) is 11.4. The summed E-state index contributed by atoms with van der Waals surface area (Å²) in [7, 11) is 0. The van der Waals surface area contributed by atoms with Gasteiger partial charge in [0.2, 0.25) is 0 Å². The van der Waals surface area contributed by atoms with Gasteiger partial charge in [-0.15, -0.1) is 0 Å². The van der Waals surface area contributed by atoms with Crippen molar-refractivity contribution in [1.82, 2.24) is 5.32 Å². The maximum Gasteiger partial charge on any atom is 0.319 e. The lowest BCUT2D eigenvalue weighted by Crippen LogP contribution is -2.44. The number of amides is 2. The molecule has 2 amide bonds. The number of carbonyl (C=O) groups excluding carboxylic acids is 1. The van der Waals surface area contributed by atoms with Crippen LogP contribution in [0.3, 0.4) is 0 Å². The molecule has 6 heteroatoms. The highest BCUT2D eigenvalue weighted by atomic mass is 16.4. The normalized spacial score (nSPS) is 12.9. The Morgan fingerprint density at radius 1 is 1.44 bits per heavy atom. The van der Waals surface area contributed by atoms with Gasteiger partial charge in [-0.1, -0.05) is 23.4 Å². The van der Waals surface area contributed by atoms with E-state index in [2.05, 4.69) is 15.8 Å². The summed E-state index contributed by atoms with van der Waals surface area (Å²) in [6.07, 6.45) is 0. The third-order valence-corrected chi connectivity index (χ3v) is 1.94. The van der Waals surface area contributed by atoms with E-state index in [1.54, 1.807) is 19.1 Å². The van der Waals surface area contributed by atoms with Crippen LogP contribution in [0.15, 0.2) is 35.5 Å². The molecule has 0 radical (unpaired) electrons. The molecule has 0 bridgehead atoms. The van der Waals surface area contributed by atoms with E-state index < -0.39 is 12.1 Å². The molecule has 0 saturated carbocycles. The highest BCUT2D eigenvalue weighted by Crippen LogP contribution is 2.04. The van der Waals surface area contributed by atoms with Crippen molar-refractivity contribution in [2.24, 2.45) is 10.9 Å². The number of urea groups is 1. The fourth-order valence-corrected chi connectivity index (χ4v) is 1.05. The summed E-state index contributed by atoms with van der Waals surface area (Å²) in [5.41, 5.74) is 5.99. The van der Waals surface area contributed by atoms with Gasteiger partial charge < -0.3 is 21.6 Å². The zero-order valence-corrected chi connectivity index (χ0v) is 8.84. The van der Waals surface area contributed by atoms with Crippen LogP contribution in [-0.2, 0) is 0 Å². The highest BCUT2D eigenvalue weighted by molar-refractivity contribution is 5.94. The fraction of sp³-hybridized carbons (Fsp3) is 0.200. The maximum absolute atomic E-state index is 11.4. The van der Waals surface area contributed by atoms with Gasteiger partial charge >= 0.3 is 6.03 Å². The molecule has 16 heavy (non-hydrogen) atoms. The van der Waals surface area contributed by atoms with Crippen LogP contribution in [0.2, 0.25) is 0 Å². The van der Waals surface area contributed by atoms with E-state index in [9.17, 15) is 4.79 Å². The summed E-state index contributed by atoms with van der Waals surface area (Å²) in [5.74, 6) is -0.0526. The van der Waals surface area contributed by atoms with Crippen LogP contribution in [0, 0.1) is 0 Å². The van der Waals surface area contributed by atoms with Gasteiger partial charge in [-0.05, 0) is 19.1 Å². The average molecular weight is 222 g/mol. The number of oxime groups is 1. The van der Waals surface area contributed by atoms with Crippen molar-refractivity contribution in [3.63, 3.8) is 0 Å². The molecule has 5 N–H and O–H groups in total. The summed E-state index contributed by atoms with van der Waals surface area (Å²) in [6, 6.07) is 8.04. The molecule has 1 rings (SSSR count). The van der Waals surface area contributed by atoms with Crippen molar-refractivity contribution in [3.05, 3.63) is 30.3 Å². The Labute approximate surface area is 93.1 Å². The molecule has 1 aromatic carbocycles. The first-order valence-corrected chi connectivity index (χ1v) is 4.73. The number of hydrogen-bond acceptors (Lipinski definition) is 3. The van der Waals surface area contributed by atoms with Gasteiger partial charge in [0.15, 0.2) is 5.84 Å². The molecule has 0 aliphatic heterocycles. The predicted octanol–water partition coefficient (Wildman–Crippen LogP) is 0.943. The number of benzene rings is 1. The minimum absolute atomic E-state index is 0.0526. The second-order valence-corrected chi connectivity index (χ2v) is 3.21. The Hall–Kier alpha value is -2.24. The first-order valence-electron chi connectivity index (χ1n) is 4.73. The summed E-state index contributed by atoms with van der Waals surface area (Å²) >= 11 is 0. The van der Waals surface area contributed by atoms with E-state index in [0.29, 0.717) is 5.69 Å². The molecule has 1 unspecified atom stereocenters. The van der Waals surface area contributed by atoms with Crippen molar-refractivity contribution in [1.29, 1.82) is 0 Å². The lowest BCUT2D eigenvalue weighted by Gasteiger charge is -2.12. The highest BCUT2D eigenvalue weighted by Gasteiger charge is 2.10. The van der Waals surface area contributed by atoms with Gasteiger partial charge in [0, 0.05) is 5.69 Å². The largest absolute Gasteiger partial charge is 0.409 e. The zero-order valence-electron chi connectivity index (χ0n) is 8.84. The number of nitrogens with two attached hydrogens (primary N) is 1. The van der Waals surface area contributed by atoms with Crippen LogP contribution in [0.5, 0.6) is 0 Å². The maximum atomic E-state index is 11.4. The van der Waals surface area contributed by atoms with E-state index >= 15 is 0 Å². The smallest absolute Gasteiger partial charge is 0.319 e. The van der Waals surface area contributed by atoms with Gasteiger partial charge in [0.05, 0.1) is 6.04 Å². The first-order chi connectivity index (χ1) is 7.63. The fourth-order valence-electron chi connectivity index (χ4n) is 1.05. The summed E-state index contributed by atoms with van der Waals surface area (Å²) < 4.78 is 0. The minimum Gasteiger partial charge on any atom is -0.409 e. The molecule has 1 aromatic rings. The molecule has 0 heterocycles. The zero-order chi connectivity index (χ0) is 12.0. The monoisotopic (exact) mass is 222 g/mol. The molecule has 1 atom stereocenters. The molecule has 0 aromatic heterocycles. The Morgan fingerprint density at radius 2 is 2.06 bits per heavy atom. The third-order valence-electron chi connectivity index (χ3n) is 1.94. The summed E-state index contributed by atoms with van der Waals surface area (Å²) in [5, 5.41) is 16.3. The topological polar surface area (TPSA) is 99.7 Å². The van der Waals surface area contributed by atoms with Gasteiger partial charge in [-0.3, -0.25) is 0 Å². The van der Waals surface area contributed by atoms with Crippen LogP contribution in [0.25, 0.3) is 0 Å². The Bertz CT molecular complexity index is 378. The van der Waals surface area contributed by atoms with E-state index in [-0.39, 0.29) is 5.84 Å². The lowest BCUT2D eigenvalue weighted by atomic mass is 10.3. The molecule has 0 fully saturated rings. The number of hydrogen-bond donors (Lipinski definition) is 4. The lowest BCUT2D eigenvalue weighted by molar-refractivity contribution is 0.251. The van der Waals surface area contributed by atoms with Crippen LogP contribution in [-0.4, -0.2) is 23.1 Å².